The molecular formula is C14H19ClN2O2. The fraction of sp³-hybridized carbons (Fsp3) is 0.500. The number of nitrogens with zero attached hydrogens (tertiary/aromatic N) is 2. The SMILES string of the molecule is CC1CN(C)CCCN1c1ccc(C(=O)O)c(Cl)c1. The van der Waals surface area contributed by atoms with Crippen molar-refractivity contribution in [3.8, 4) is 0 Å². The van der Waals surface area contributed by atoms with Gasteiger partial charge in [0, 0.05) is 24.8 Å². The van der Waals surface area contributed by atoms with Gasteiger partial charge in [0.05, 0.1) is 10.6 Å². The summed E-state index contributed by atoms with van der Waals surface area (Å²) in [7, 11) is 2.13. The van der Waals surface area contributed by atoms with E-state index >= 15 is 0 Å². The van der Waals surface area contributed by atoms with Gasteiger partial charge in [0.2, 0.25) is 0 Å². The average Bonchev–Trinajstić information content (AvgIpc) is 2.49. The van der Waals surface area contributed by atoms with E-state index in [0.29, 0.717) is 11.1 Å². The zero-order valence-electron chi connectivity index (χ0n) is 11.3. The van der Waals surface area contributed by atoms with Gasteiger partial charge in [-0.2, -0.15) is 0 Å². The summed E-state index contributed by atoms with van der Waals surface area (Å²) >= 11 is 6.04. The van der Waals surface area contributed by atoms with Gasteiger partial charge >= 0.3 is 5.97 Å². The molecule has 104 valence electrons. The molecule has 1 aromatic carbocycles. The lowest BCUT2D eigenvalue weighted by Crippen LogP contribution is -2.37. The Hall–Kier alpha value is -1.26. The Labute approximate surface area is 118 Å². The summed E-state index contributed by atoms with van der Waals surface area (Å²) in [5, 5.41) is 9.29. The average molecular weight is 283 g/mol. The molecule has 19 heavy (non-hydrogen) atoms. The number of carboxylic acids is 1. The smallest absolute Gasteiger partial charge is 0.337 e. The molecule has 0 spiro atoms. The lowest BCUT2D eigenvalue weighted by atomic mass is 10.1. The number of carbonyl (C=O) groups is 1. The lowest BCUT2D eigenvalue weighted by molar-refractivity contribution is 0.0697. The van der Waals surface area contributed by atoms with Crippen molar-refractivity contribution >= 4 is 23.3 Å². The third kappa shape index (κ3) is 3.19. The Morgan fingerprint density at radius 2 is 2.16 bits per heavy atom. The molecule has 0 amide bonds. The minimum absolute atomic E-state index is 0.157. The largest absolute Gasteiger partial charge is 0.478 e. The first-order chi connectivity index (χ1) is 8.99. The van der Waals surface area contributed by atoms with Gasteiger partial charge in [-0.25, -0.2) is 4.79 Å². The number of aromatic carboxylic acids is 1. The first-order valence-corrected chi connectivity index (χ1v) is 6.85. The molecule has 2 rings (SSSR count). The zero-order valence-corrected chi connectivity index (χ0v) is 12.0. The van der Waals surface area contributed by atoms with Gasteiger partial charge in [0.25, 0.3) is 0 Å². The summed E-state index contributed by atoms with van der Waals surface area (Å²) in [6.45, 7) is 5.23. The maximum absolute atomic E-state index is 11.0. The lowest BCUT2D eigenvalue weighted by Gasteiger charge is -2.30. The minimum atomic E-state index is -0.986. The van der Waals surface area contributed by atoms with Crippen molar-refractivity contribution in [2.24, 2.45) is 0 Å². The fourth-order valence-electron chi connectivity index (χ4n) is 2.61. The Balaban J connectivity index is 2.25. The molecule has 5 heteroatoms. The normalized spacial score (nSPS) is 21.2. The molecule has 1 unspecified atom stereocenters. The molecule has 0 radical (unpaired) electrons. The number of benzene rings is 1. The number of carboxylic acid groups (broad SMARTS) is 1. The highest BCUT2D eigenvalue weighted by Gasteiger charge is 2.21. The molecule has 0 bridgehead atoms. The van der Waals surface area contributed by atoms with Gasteiger partial charge in [-0.05, 0) is 45.1 Å². The van der Waals surface area contributed by atoms with Crippen LogP contribution in [0.5, 0.6) is 0 Å². The van der Waals surface area contributed by atoms with Crippen molar-refractivity contribution in [2.75, 3.05) is 31.6 Å². The number of hydrogen-bond donors (Lipinski definition) is 1. The van der Waals surface area contributed by atoms with Crippen molar-refractivity contribution in [2.45, 2.75) is 19.4 Å². The summed E-state index contributed by atoms with van der Waals surface area (Å²) in [6.07, 6.45) is 1.10. The number of likely N-dealkylation sites (N-methyl/N-ethyl adjacent to an activating group) is 1. The number of anilines is 1. The van der Waals surface area contributed by atoms with E-state index in [9.17, 15) is 4.79 Å². The van der Waals surface area contributed by atoms with Gasteiger partial charge < -0.3 is 14.9 Å². The van der Waals surface area contributed by atoms with Crippen LogP contribution in [0.25, 0.3) is 0 Å². The molecule has 1 fully saturated rings. The van der Waals surface area contributed by atoms with Crippen LogP contribution in [0.1, 0.15) is 23.7 Å². The second-order valence-electron chi connectivity index (χ2n) is 5.13. The van der Waals surface area contributed by atoms with Gasteiger partial charge in [0.1, 0.15) is 0 Å². The second-order valence-corrected chi connectivity index (χ2v) is 5.53. The van der Waals surface area contributed by atoms with Crippen molar-refractivity contribution in [1.82, 2.24) is 4.90 Å². The van der Waals surface area contributed by atoms with Gasteiger partial charge in [-0.3, -0.25) is 0 Å². The van der Waals surface area contributed by atoms with E-state index in [0.717, 1.165) is 31.7 Å². The highest BCUT2D eigenvalue weighted by atomic mass is 35.5. The quantitative estimate of drug-likeness (QED) is 0.905. The number of halogens is 1. The van der Waals surface area contributed by atoms with Gasteiger partial charge in [0.15, 0.2) is 0 Å². The Kier molecular flexibility index (Phi) is 4.32. The third-order valence-electron chi connectivity index (χ3n) is 3.56. The minimum Gasteiger partial charge on any atom is -0.478 e. The first-order valence-electron chi connectivity index (χ1n) is 6.47. The molecule has 1 atom stereocenters. The molecule has 1 heterocycles. The predicted octanol–water partition coefficient (Wildman–Crippen LogP) is 2.57. The molecule has 0 saturated carbocycles. The summed E-state index contributed by atoms with van der Waals surface area (Å²) in [5.74, 6) is -0.986. The van der Waals surface area contributed by atoms with Crippen molar-refractivity contribution in [1.29, 1.82) is 0 Å². The monoisotopic (exact) mass is 282 g/mol. The van der Waals surface area contributed by atoms with E-state index < -0.39 is 5.97 Å². The van der Waals surface area contributed by atoms with E-state index in [1.807, 2.05) is 6.07 Å². The van der Waals surface area contributed by atoms with E-state index in [-0.39, 0.29) is 5.56 Å². The molecule has 1 N–H and O–H groups in total. The van der Waals surface area contributed by atoms with E-state index in [1.54, 1.807) is 12.1 Å². The second kappa shape index (κ2) is 5.80. The van der Waals surface area contributed by atoms with Crippen molar-refractivity contribution in [3.05, 3.63) is 28.8 Å². The van der Waals surface area contributed by atoms with Crippen LogP contribution >= 0.6 is 11.6 Å². The third-order valence-corrected chi connectivity index (χ3v) is 3.87. The van der Waals surface area contributed by atoms with Crippen LogP contribution in [0.4, 0.5) is 5.69 Å². The van der Waals surface area contributed by atoms with Crippen molar-refractivity contribution in [3.63, 3.8) is 0 Å². The first kappa shape index (κ1) is 14.2. The standard InChI is InChI=1S/C14H19ClN2O2/c1-10-9-16(2)6-3-7-17(10)11-4-5-12(14(18)19)13(15)8-11/h4-5,8,10H,3,6-7,9H2,1-2H3,(H,18,19). The van der Waals surface area contributed by atoms with Crippen LogP contribution in [0.2, 0.25) is 5.02 Å². The Morgan fingerprint density at radius 3 is 2.79 bits per heavy atom. The van der Waals surface area contributed by atoms with Gasteiger partial charge in [-0.1, -0.05) is 11.6 Å². The predicted molar refractivity (Wildman–Crippen MR) is 77.3 cm³/mol. The molecule has 4 nitrogen and oxygen atoms in total. The van der Waals surface area contributed by atoms with Crippen molar-refractivity contribution < 1.29 is 9.90 Å². The number of rotatable bonds is 2. The van der Waals surface area contributed by atoms with E-state index in [2.05, 4.69) is 23.8 Å². The zero-order chi connectivity index (χ0) is 14.0. The molecule has 1 saturated heterocycles. The number of hydrogen-bond acceptors (Lipinski definition) is 3. The molecule has 1 aromatic rings. The van der Waals surface area contributed by atoms with E-state index in [4.69, 9.17) is 16.7 Å². The van der Waals surface area contributed by atoms with E-state index in [1.165, 1.54) is 0 Å². The molecule has 1 aliphatic heterocycles. The molecule has 0 aliphatic carbocycles. The Morgan fingerprint density at radius 1 is 1.42 bits per heavy atom. The van der Waals surface area contributed by atoms with Crippen LogP contribution in [0.3, 0.4) is 0 Å². The topological polar surface area (TPSA) is 43.8 Å². The summed E-state index contributed by atoms with van der Waals surface area (Å²) in [6, 6.07) is 5.57. The summed E-state index contributed by atoms with van der Waals surface area (Å²) in [4.78, 5) is 15.6. The van der Waals surface area contributed by atoms with Crippen LogP contribution in [-0.4, -0.2) is 48.7 Å². The molecule has 0 aromatic heterocycles. The molecule has 1 aliphatic rings. The summed E-state index contributed by atoms with van der Waals surface area (Å²) < 4.78 is 0. The fourth-order valence-corrected chi connectivity index (χ4v) is 2.87. The van der Waals surface area contributed by atoms with Crippen LogP contribution < -0.4 is 4.90 Å². The molecular weight excluding hydrogens is 264 g/mol. The van der Waals surface area contributed by atoms with Crippen LogP contribution in [0, 0.1) is 0 Å². The van der Waals surface area contributed by atoms with Gasteiger partial charge in [-0.15, -0.1) is 0 Å². The highest BCUT2D eigenvalue weighted by Crippen LogP contribution is 2.26. The highest BCUT2D eigenvalue weighted by molar-refractivity contribution is 6.33. The maximum Gasteiger partial charge on any atom is 0.337 e. The van der Waals surface area contributed by atoms with Crippen LogP contribution in [0.15, 0.2) is 18.2 Å². The summed E-state index contributed by atoms with van der Waals surface area (Å²) in [5.41, 5.74) is 1.16. The Bertz CT molecular complexity index is 479. The maximum atomic E-state index is 11.0. The van der Waals surface area contributed by atoms with Crippen LogP contribution in [-0.2, 0) is 0 Å².